The predicted molar refractivity (Wildman–Crippen MR) is 141 cm³/mol. The van der Waals surface area contributed by atoms with Crippen LogP contribution in [0, 0.1) is 0 Å². The van der Waals surface area contributed by atoms with E-state index in [2.05, 4.69) is 5.32 Å². The van der Waals surface area contributed by atoms with E-state index in [1.807, 2.05) is 0 Å². The van der Waals surface area contributed by atoms with Crippen molar-refractivity contribution in [2.24, 2.45) is 0 Å². The number of carbonyl (C=O) groups is 5. The average molecular weight is 650 g/mol. The molecule has 4 saturated heterocycles. The van der Waals surface area contributed by atoms with Gasteiger partial charge in [0, 0.05) is 27.9 Å². The quantitative estimate of drug-likeness (QED) is 0.199. The Hall–Kier alpha value is -3.13. The van der Waals surface area contributed by atoms with E-state index in [9.17, 15) is 29.1 Å². The first kappa shape index (κ1) is 34.7. The van der Waals surface area contributed by atoms with Crippen LogP contribution in [-0.2, 0) is 71.3 Å². The molecule has 254 valence electrons. The van der Waals surface area contributed by atoms with Gasteiger partial charge in [-0.05, 0) is 13.8 Å². The van der Waals surface area contributed by atoms with Crippen molar-refractivity contribution in [3.63, 3.8) is 0 Å². The molecule has 0 aromatic heterocycles. The number of carbonyl (C=O) groups excluding carboxylic acids is 5. The van der Waals surface area contributed by atoms with Crippen LogP contribution in [0.1, 0.15) is 41.0 Å². The molecular formula is C27H39NO17. The number of aliphatic hydroxyl groups is 1. The van der Waals surface area contributed by atoms with Crippen molar-refractivity contribution < 1.29 is 81.2 Å². The Morgan fingerprint density at radius 1 is 1.00 bits per heavy atom. The van der Waals surface area contributed by atoms with Crippen LogP contribution in [0.5, 0.6) is 0 Å². The predicted octanol–water partition coefficient (Wildman–Crippen LogP) is -1.18. The van der Waals surface area contributed by atoms with Crippen molar-refractivity contribution >= 4 is 30.0 Å². The summed E-state index contributed by atoms with van der Waals surface area (Å²) in [6.45, 7) is 5.57. The average Bonchev–Trinajstić information content (AvgIpc) is 3.50. The fourth-order valence-electron chi connectivity index (χ4n) is 5.81. The van der Waals surface area contributed by atoms with Gasteiger partial charge < -0.3 is 62.5 Å². The molecule has 4 fully saturated rings. The van der Waals surface area contributed by atoms with Gasteiger partial charge in [0.05, 0.1) is 26.2 Å². The van der Waals surface area contributed by atoms with Crippen molar-refractivity contribution in [2.45, 2.75) is 114 Å². The van der Waals surface area contributed by atoms with E-state index in [4.69, 9.17) is 52.1 Å². The number of hydrogen-bond donors (Lipinski definition) is 2. The van der Waals surface area contributed by atoms with Crippen LogP contribution in [0.3, 0.4) is 0 Å². The normalized spacial score (nSPS) is 36.3. The first-order valence-corrected chi connectivity index (χ1v) is 14.2. The number of ether oxygens (including phenoxy) is 11. The maximum Gasteiger partial charge on any atom is 0.407 e. The second-order valence-electron chi connectivity index (χ2n) is 11.3. The van der Waals surface area contributed by atoms with E-state index >= 15 is 0 Å². The summed E-state index contributed by atoms with van der Waals surface area (Å²) in [5.74, 6) is -6.88. The number of amides is 1. The van der Waals surface area contributed by atoms with Crippen molar-refractivity contribution in [2.75, 3.05) is 27.4 Å². The summed E-state index contributed by atoms with van der Waals surface area (Å²) in [5.41, 5.74) is 0. The van der Waals surface area contributed by atoms with E-state index in [1.54, 1.807) is 13.8 Å². The molecule has 0 saturated carbocycles. The second-order valence-corrected chi connectivity index (χ2v) is 11.3. The van der Waals surface area contributed by atoms with Crippen molar-refractivity contribution in [1.29, 1.82) is 0 Å². The van der Waals surface area contributed by atoms with E-state index in [-0.39, 0.29) is 0 Å². The summed E-state index contributed by atoms with van der Waals surface area (Å²) >= 11 is 0. The smallest absolute Gasteiger partial charge is 0.407 e. The molecule has 45 heavy (non-hydrogen) atoms. The summed E-state index contributed by atoms with van der Waals surface area (Å²) in [6.07, 6.45) is -12.0. The highest BCUT2D eigenvalue weighted by Gasteiger charge is 2.62. The molecule has 0 spiro atoms. The fourth-order valence-corrected chi connectivity index (χ4v) is 5.81. The van der Waals surface area contributed by atoms with Gasteiger partial charge in [-0.15, -0.1) is 0 Å². The minimum Gasteiger partial charge on any atom is -0.465 e. The lowest BCUT2D eigenvalue weighted by molar-refractivity contribution is -0.328. The third-order valence-electron chi connectivity index (χ3n) is 7.52. The highest BCUT2D eigenvalue weighted by molar-refractivity contribution is 5.79. The van der Waals surface area contributed by atoms with Crippen LogP contribution in [-0.4, -0.2) is 135 Å². The molecule has 0 aliphatic carbocycles. The number of methoxy groups -OCH3 is 2. The van der Waals surface area contributed by atoms with Gasteiger partial charge in [-0.25, -0.2) is 9.59 Å². The molecule has 4 aliphatic heterocycles. The van der Waals surface area contributed by atoms with Crippen LogP contribution in [0.25, 0.3) is 0 Å². The van der Waals surface area contributed by atoms with Gasteiger partial charge in [0.2, 0.25) is 0 Å². The van der Waals surface area contributed by atoms with E-state index < -0.39 is 122 Å². The van der Waals surface area contributed by atoms with Crippen molar-refractivity contribution in [1.82, 2.24) is 5.32 Å². The fraction of sp³-hybridized carbons (Fsp3) is 0.815. The minimum absolute atomic E-state index is 0.394. The number of alkyl carbamates (subject to hydrolysis) is 1. The Morgan fingerprint density at radius 3 is 2.27 bits per heavy atom. The maximum absolute atomic E-state index is 13.4. The van der Waals surface area contributed by atoms with Gasteiger partial charge in [-0.3, -0.25) is 14.4 Å². The molecule has 1 amide bonds. The van der Waals surface area contributed by atoms with Gasteiger partial charge in [-0.2, -0.15) is 0 Å². The second kappa shape index (κ2) is 13.7. The van der Waals surface area contributed by atoms with Crippen LogP contribution in [0.2, 0.25) is 0 Å². The minimum atomic E-state index is -2.32. The van der Waals surface area contributed by atoms with Crippen molar-refractivity contribution in [3.05, 3.63) is 0 Å². The summed E-state index contributed by atoms with van der Waals surface area (Å²) in [7, 11) is 2.40. The molecule has 0 aromatic carbocycles. The molecule has 0 bridgehead atoms. The zero-order valence-electron chi connectivity index (χ0n) is 25.9. The number of nitrogens with one attached hydrogen (secondary N) is 1. The van der Waals surface area contributed by atoms with Crippen LogP contribution >= 0.6 is 0 Å². The topological polar surface area (TPSA) is 219 Å². The zero-order chi connectivity index (χ0) is 33.3. The largest absolute Gasteiger partial charge is 0.465 e. The van der Waals surface area contributed by atoms with Gasteiger partial charge >= 0.3 is 30.0 Å². The third-order valence-corrected chi connectivity index (χ3v) is 7.52. The highest BCUT2D eigenvalue weighted by Crippen LogP contribution is 2.41. The first-order chi connectivity index (χ1) is 21.1. The van der Waals surface area contributed by atoms with Crippen LogP contribution < -0.4 is 5.32 Å². The summed E-state index contributed by atoms with van der Waals surface area (Å²) in [4.78, 5) is 61.7. The molecule has 11 atom stereocenters. The van der Waals surface area contributed by atoms with Gasteiger partial charge in [-0.1, -0.05) is 0 Å². The molecule has 4 aliphatic rings. The van der Waals surface area contributed by atoms with E-state index in [0.29, 0.717) is 0 Å². The molecule has 18 nitrogen and oxygen atoms in total. The number of rotatable bonds is 11. The Labute approximate surface area is 258 Å². The maximum atomic E-state index is 13.4. The Balaban J connectivity index is 1.69. The molecule has 0 radical (unpaired) electrons. The lowest BCUT2D eigenvalue weighted by atomic mass is 9.89. The van der Waals surface area contributed by atoms with E-state index in [0.717, 1.165) is 27.9 Å². The number of fused-ring (bicyclic) bond motifs is 2. The third kappa shape index (κ3) is 7.65. The summed E-state index contributed by atoms with van der Waals surface area (Å²) in [6, 6.07) is -1.06. The van der Waals surface area contributed by atoms with E-state index in [1.165, 1.54) is 7.11 Å². The number of hydrogen-bond acceptors (Lipinski definition) is 17. The zero-order valence-corrected chi connectivity index (χ0v) is 25.9. The lowest BCUT2D eigenvalue weighted by Crippen LogP contribution is -2.67. The number of aliphatic hydroxyl groups excluding tert-OH is 1. The molecule has 2 N–H and O–H groups in total. The number of esters is 4. The summed E-state index contributed by atoms with van der Waals surface area (Å²) < 4.78 is 61.6. The van der Waals surface area contributed by atoms with Gasteiger partial charge in [0.15, 0.2) is 24.3 Å². The Kier molecular flexibility index (Phi) is 10.6. The standard InChI is InChI=1S/C27H39NO17/c1-11(29)37-9-15(39-12(2)30)19(40-13(3)31)21-17-14(42-25(34)28-17)8-27(45-21,24(33)36-7)38-10-16-20-22(44-26(4,5)43-20)18(32)23(35-6)41-16/h14-23,32H,8-10H2,1-7H3,(H,28,34)/t14-,15+,16+,17+,18+,19+,20-,21+,22+,23-,27+/m0/s1. The van der Waals surface area contributed by atoms with Crippen LogP contribution in [0.4, 0.5) is 4.79 Å². The summed E-state index contributed by atoms with van der Waals surface area (Å²) in [5, 5.41) is 13.3. The Bertz CT molecular complexity index is 1150. The molecule has 18 heteroatoms. The van der Waals surface area contributed by atoms with Crippen molar-refractivity contribution in [3.8, 4) is 0 Å². The molecule has 4 heterocycles. The molecule has 4 rings (SSSR count). The molecule has 0 aromatic rings. The SMILES string of the molecule is COC(=O)[C@@]1(OC[C@H]2O[C@H](OC)[C@H](O)[C@H]3OC(C)(C)O[C@H]32)C[C@@H]2OC(=O)N[C@H]2[C@H]([C@H](OC(C)=O)[C@@H](COC(C)=O)OC(C)=O)O1. The van der Waals surface area contributed by atoms with Crippen LogP contribution in [0.15, 0.2) is 0 Å². The Morgan fingerprint density at radius 2 is 1.67 bits per heavy atom. The molecular weight excluding hydrogens is 610 g/mol. The lowest BCUT2D eigenvalue weighted by Gasteiger charge is -2.46. The highest BCUT2D eigenvalue weighted by atomic mass is 16.8. The first-order valence-electron chi connectivity index (χ1n) is 14.2. The van der Waals surface area contributed by atoms with Gasteiger partial charge in [0.25, 0.3) is 5.79 Å². The monoisotopic (exact) mass is 649 g/mol. The molecule has 0 unspecified atom stereocenters. The van der Waals surface area contributed by atoms with Gasteiger partial charge in [0.1, 0.15) is 43.2 Å².